The van der Waals surface area contributed by atoms with Gasteiger partial charge in [0.2, 0.25) is 0 Å². The van der Waals surface area contributed by atoms with E-state index in [0.29, 0.717) is 17.5 Å². The summed E-state index contributed by atoms with van der Waals surface area (Å²) in [5.41, 5.74) is 15.7. The quantitative estimate of drug-likeness (QED) is 0.161. The Balaban J connectivity index is 1.07. The van der Waals surface area contributed by atoms with Crippen molar-refractivity contribution in [2.45, 2.75) is 5.41 Å². The zero-order chi connectivity index (χ0) is 41.0. The predicted molar refractivity (Wildman–Crippen MR) is 252 cm³/mol. The van der Waals surface area contributed by atoms with Crippen molar-refractivity contribution in [3.63, 3.8) is 0 Å². The standard InChI is InChI=1S/C58H37N3O/c1-4-18-38(19-5-1)40-22-16-23-41(36-40)56-59-55(39-20-6-2-7-21-39)60-57(61-56)48-29-11-10-26-44(48)47-30-17-33-53-54(47)49-37-43(34-35-52(49)62-53)58(42-24-8-3-9-25-42)50-31-14-12-27-45(50)46-28-13-15-32-51(46)58/h1-37H. The molecular weight excluding hydrogens is 755 g/mol. The molecule has 1 aliphatic rings. The average Bonchev–Trinajstić information content (AvgIpc) is 3.88. The van der Waals surface area contributed by atoms with E-state index in [1.165, 1.54) is 33.4 Å². The summed E-state index contributed by atoms with van der Waals surface area (Å²) in [6.07, 6.45) is 0. The monoisotopic (exact) mass is 791 g/mol. The van der Waals surface area contributed by atoms with Gasteiger partial charge in [-0.1, -0.05) is 200 Å². The molecule has 2 aromatic heterocycles. The van der Waals surface area contributed by atoms with E-state index >= 15 is 0 Å². The number of aromatic nitrogens is 3. The third kappa shape index (κ3) is 5.65. The molecule has 0 fully saturated rings. The van der Waals surface area contributed by atoms with E-state index in [4.69, 9.17) is 19.4 Å². The highest BCUT2D eigenvalue weighted by Crippen LogP contribution is 2.56. The Labute approximate surface area is 359 Å². The van der Waals surface area contributed by atoms with Gasteiger partial charge in [0, 0.05) is 27.5 Å². The van der Waals surface area contributed by atoms with Crippen LogP contribution in [-0.4, -0.2) is 15.0 Å². The lowest BCUT2D eigenvalue weighted by atomic mass is 9.67. The fourth-order valence-corrected chi connectivity index (χ4v) is 9.72. The summed E-state index contributed by atoms with van der Waals surface area (Å²) in [6, 6.07) is 79.2. The second kappa shape index (κ2) is 14.5. The first-order valence-corrected chi connectivity index (χ1v) is 21.0. The van der Waals surface area contributed by atoms with E-state index in [0.717, 1.165) is 60.9 Å². The molecule has 12 rings (SSSR count). The second-order valence-corrected chi connectivity index (χ2v) is 15.9. The molecule has 2 heterocycles. The third-order valence-corrected chi connectivity index (χ3v) is 12.4. The Hall–Kier alpha value is -8.21. The second-order valence-electron chi connectivity index (χ2n) is 15.9. The van der Waals surface area contributed by atoms with Crippen LogP contribution in [0, 0.1) is 0 Å². The van der Waals surface area contributed by atoms with Crippen LogP contribution in [0.5, 0.6) is 0 Å². The highest BCUT2D eigenvalue weighted by molar-refractivity contribution is 6.14. The molecule has 4 nitrogen and oxygen atoms in total. The zero-order valence-electron chi connectivity index (χ0n) is 33.6. The van der Waals surface area contributed by atoms with Gasteiger partial charge in [-0.25, -0.2) is 15.0 Å². The van der Waals surface area contributed by atoms with Crippen LogP contribution in [0.1, 0.15) is 22.3 Å². The van der Waals surface area contributed by atoms with Gasteiger partial charge in [0.25, 0.3) is 0 Å². The minimum atomic E-state index is -0.536. The van der Waals surface area contributed by atoms with Crippen LogP contribution in [0.4, 0.5) is 0 Å². The molecule has 62 heavy (non-hydrogen) atoms. The largest absolute Gasteiger partial charge is 0.456 e. The highest BCUT2D eigenvalue weighted by Gasteiger charge is 2.46. The lowest BCUT2D eigenvalue weighted by molar-refractivity contribution is 0.668. The smallest absolute Gasteiger partial charge is 0.164 e. The summed E-state index contributed by atoms with van der Waals surface area (Å²) in [6.45, 7) is 0. The van der Waals surface area contributed by atoms with Gasteiger partial charge in [-0.05, 0) is 79.9 Å². The first-order valence-electron chi connectivity index (χ1n) is 21.0. The van der Waals surface area contributed by atoms with Gasteiger partial charge in [-0.3, -0.25) is 0 Å². The van der Waals surface area contributed by atoms with Crippen molar-refractivity contribution in [1.82, 2.24) is 15.0 Å². The molecule has 0 radical (unpaired) electrons. The molecule has 0 amide bonds. The molecule has 0 N–H and O–H groups in total. The molecular formula is C58H37N3O. The van der Waals surface area contributed by atoms with Crippen molar-refractivity contribution in [2.75, 3.05) is 0 Å². The third-order valence-electron chi connectivity index (χ3n) is 12.4. The van der Waals surface area contributed by atoms with Gasteiger partial charge in [0.05, 0.1) is 5.41 Å². The van der Waals surface area contributed by atoms with Crippen molar-refractivity contribution in [1.29, 1.82) is 0 Å². The summed E-state index contributed by atoms with van der Waals surface area (Å²) < 4.78 is 6.72. The maximum atomic E-state index is 6.72. The lowest BCUT2D eigenvalue weighted by Gasteiger charge is -2.33. The van der Waals surface area contributed by atoms with Crippen LogP contribution in [0.3, 0.4) is 0 Å². The number of fused-ring (bicyclic) bond motifs is 6. The van der Waals surface area contributed by atoms with Gasteiger partial charge in [0.15, 0.2) is 17.5 Å². The molecule has 11 aromatic rings. The number of furan rings is 1. The van der Waals surface area contributed by atoms with Crippen LogP contribution in [0.2, 0.25) is 0 Å². The first kappa shape index (κ1) is 35.7. The van der Waals surface area contributed by atoms with Gasteiger partial charge in [-0.15, -0.1) is 0 Å². The normalized spacial score (nSPS) is 12.6. The topological polar surface area (TPSA) is 51.8 Å². The van der Waals surface area contributed by atoms with Crippen LogP contribution >= 0.6 is 0 Å². The molecule has 0 atom stereocenters. The molecule has 4 heteroatoms. The molecule has 0 saturated carbocycles. The van der Waals surface area contributed by atoms with Crippen LogP contribution in [0.15, 0.2) is 229 Å². The number of hydrogen-bond acceptors (Lipinski definition) is 4. The maximum absolute atomic E-state index is 6.72. The van der Waals surface area contributed by atoms with Gasteiger partial charge in [-0.2, -0.15) is 0 Å². The Bertz CT molecular complexity index is 3420. The molecule has 0 aliphatic heterocycles. The fraction of sp³-hybridized carbons (Fsp3) is 0.0172. The number of nitrogens with zero attached hydrogens (tertiary/aromatic N) is 3. The van der Waals surface area contributed by atoms with Gasteiger partial charge < -0.3 is 4.42 Å². The molecule has 0 saturated heterocycles. The Morgan fingerprint density at radius 1 is 0.306 bits per heavy atom. The van der Waals surface area contributed by atoms with Crippen LogP contribution in [0.25, 0.3) is 89.5 Å². The number of benzene rings is 9. The predicted octanol–water partition coefficient (Wildman–Crippen LogP) is 14.5. The molecule has 0 unspecified atom stereocenters. The fourth-order valence-electron chi connectivity index (χ4n) is 9.72. The van der Waals surface area contributed by atoms with Crippen molar-refractivity contribution in [3.05, 3.63) is 247 Å². The summed E-state index contributed by atoms with van der Waals surface area (Å²) in [4.78, 5) is 15.6. The number of hydrogen-bond donors (Lipinski definition) is 0. The minimum absolute atomic E-state index is 0.536. The van der Waals surface area contributed by atoms with E-state index in [9.17, 15) is 0 Å². The molecule has 1 aliphatic carbocycles. The van der Waals surface area contributed by atoms with E-state index in [2.05, 4.69) is 200 Å². The summed E-state index contributed by atoms with van der Waals surface area (Å²) in [7, 11) is 0. The van der Waals surface area contributed by atoms with Gasteiger partial charge in [0.1, 0.15) is 11.2 Å². The van der Waals surface area contributed by atoms with E-state index in [1.807, 2.05) is 24.3 Å². The van der Waals surface area contributed by atoms with Gasteiger partial charge >= 0.3 is 0 Å². The Morgan fingerprint density at radius 2 is 0.823 bits per heavy atom. The maximum Gasteiger partial charge on any atom is 0.164 e. The van der Waals surface area contributed by atoms with E-state index in [1.54, 1.807) is 0 Å². The van der Waals surface area contributed by atoms with E-state index < -0.39 is 5.41 Å². The molecule has 9 aromatic carbocycles. The number of rotatable bonds is 7. The van der Waals surface area contributed by atoms with Crippen LogP contribution < -0.4 is 0 Å². The van der Waals surface area contributed by atoms with E-state index in [-0.39, 0.29) is 0 Å². The minimum Gasteiger partial charge on any atom is -0.456 e. The lowest BCUT2D eigenvalue weighted by Crippen LogP contribution is -2.28. The van der Waals surface area contributed by atoms with Crippen molar-refractivity contribution in [3.8, 4) is 67.5 Å². The molecule has 0 bridgehead atoms. The van der Waals surface area contributed by atoms with Crippen molar-refractivity contribution < 1.29 is 4.42 Å². The van der Waals surface area contributed by atoms with Crippen molar-refractivity contribution >= 4 is 21.9 Å². The Morgan fingerprint density at radius 3 is 1.53 bits per heavy atom. The SMILES string of the molecule is c1ccc(-c2cccc(-c3nc(-c4ccccc4)nc(-c4ccccc4-c4cccc5oc6ccc(C7(c8ccccc8)c8ccccc8-c8ccccc87)cc6c45)n3)c2)cc1. The summed E-state index contributed by atoms with van der Waals surface area (Å²) in [5, 5.41) is 2.10. The van der Waals surface area contributed by atoms with Crippen LogP contribution in [-0.2, 0) is 5.41 Å². The molecule has 290 valence electrons. The molecule has 0 spiro atoms. The highest BCUT2D eigenvalue weighted by atomic mass is 16.3. The average molecular weight is 792 g/mol. The van der Waals surface area contributed by atoms with Crippen molar-refractivity contribution in [2.24, 2.45) is 0 Å². The first-order chi connectivity index (χ1) is 30.7. The Kier molecular flexibility index (Phi) is 8.36. The summed E-state index contributed by atoms with van der Waals surface area (Å²) >= 11 is 0. The summed E-state index contributed by atoms with van der Waals surface area (Å²) in [5.74, 6) is 1.83. The zero-order valence-corrected chi connectivity index (χ0v) is 33.6.